The van der Waals surface area contributed by atoms with Crippen LogP contribution in [-0.4, -0.2) is 25.5 Å². The summed E-state index contributed by atoms with van der Waals surface area (Å²) in [6.45, 7) is 7.35. The summed E-state index contributed by atoms with van der Waals surface area (Å²) in [5.41, 5.74) is 0.428. The molecular formula is C13H24N2O. The highest BCUT2D eigenvalue weighted by Gasteiger charge is 2.45. The number of hydrogen-bond acceptors (Lipinski definition) is 2. The second-order valence-electron chi connectivity index (χ2n) is 5.78. The average molecular weight is 224 g/mol. The Morgan fingerprint density at radius 2 is 2.25 bits per heavy atom. The van der Waals surface area contributed by atoms with Gasteiger partial charge in [0.15, 0.2) is 0 Å². The predicted octanol–water partition coefficient (Wildman–Crippen LogP) is 1.54. The van der Waals surface area contributed by atoms with Crippen molar-refractivity contribution < 1.29 is 4.79 Å². The SMILES string of the molecule is CC(C)C1(CNC(=O)[C@H]2CCCNC2)CC1. The molecule has 2 fully saturated rings. The van der Waals surface area contributed by atoms with Gasteiger partial charge in [0.1, 0.15) is 0 Å². The molecule has 3 heteroatoms. The van der Waals surface area contributed by atoms with E-state index in [9.17, 15) is 4.79 Å². The van der Waals surface area contributed by atoms with Crippen LogP contribution in [0, 0.1) is 17.3 Å². The van der Waals surface area contributed by atoms with Crippen LogP contribution in [0.15, 0.2) is 0 Å². The molecule has 1 aliphatic heterocycles. The number of nitrogens with one attached hydrogen (secondary N) is 2. The van der Waals surface area contributed by atoms with E-state index in [4.69, 9.17) is 0 Å². The Balaban J connectivity index is 1.75. The Hall–Kier alpha value is -0.570. The molecule has 0 aromatic carbocycles. The summed E-state index contributed by atoms with van der Waals surface area (Å²) in [5.74, 6) is 1.16. The van der Waals surface area contributed by atoms with E-state index in [1.54, 1.807) is 0 Å². The molecule has 0 aromatic rings. The molecule has 2 aliphatic rings. The van der Waals surface area contributed by atoms with Gasteiger partial charge in [0.05, 0.1) is 5.92 Å². The number of hydrogen-bond donors (Lipinski definition) is 2. The minimum absolute atomic E-state index is 0.205. The highest BCUT2D eigenvalue weighted by atomic mass is 16.1. The van der Waals surface area contributed by atoms with Crippen molar-refractivity contribution in [3.8, 4) is 0 Å². The molecular weight excluding hydrogens is 200 g/mol. The highest BCUT2D eigenvalue weighted by molar-refractivity contribution is 5.79. The maximum absolute atomic E-state index is 11.9. The molecule has 0 spiro atoms. The number of carbonyl (C=O) groups excluding carboxylic acids is 1. The summed E-state index contributed by atoms with van der Waals surface area (Å²) in [4.78, 5) is 11.9. The Labute approximate surface area is 98.4 Å². The molecule has 1 heterocycles. The Morgan fingerprint density at radius 1 is 1.50 bits per heavy atom. The van der Waals surface area contributed by atoms with E-state index in [1.165, 1.54) is 12.8 Å². The second kappa shape index (κ2) is 4.74. The zero-order valence-corrected chi connectivity index (χ0v) is 10.5. The molecule has 92 valence electrons. The number of amides is 1. The normalized spacial score (nSPS) is 27.8. The molecule has 0 radical (unpaired) electrons. The maximum atomic E-state index is 11.9. The standard InChI is InChI=1S/C13H24N2O/c1-10(2)13(5-6-13)9-15-12(16)11-4-3-7-14-8-11/h10-11,14H,3-9H2,1-2H3,(H,15,16)/t11-/m0/s1. The largest absolute Gasteiger partial charge is 0.355 e. The Kier molecular flexibility index (Phi) is 3.53. The number of carbonyl (C=O) groups is 1. The third-order valence-corrected chi connectivity index (χ3v) is 4.40. The fourth-order valence-electron chi connectivity index (χ4n) is 2.60. The van der Waals surface area contributed by atoms with E-state index in [2.05, 4.69) is 24.5 Å². The molecule has 2 rings (SSSR count). The van der Waals surface area contributed by atoms with Crippen molar-refractivity contribution in [1.82, 2.24) is 10.6 Å². The van der Waals surface area contributed by atoms with Crippen LogP contribution in [0.1, 0.15) is 39.5 Å². The van der Waals surface area contributed by atoms with Crippen molar-refractivity contribution in [2.24, 2.45) is 17.3 Å². The first-order valence-corrected chi connectivity index (χ1v) is 6.62. The van der Waals surface area contributed by atoms with E-state index in [0.717, 1.165) is 32.5 Å². The van der Waals surface area contributed by atoms with Gasteiger partial charge in [-0.1, -0.05) is 13.8 Å². The van der Waals surface area contributed by atoms with Crippen molar-refractivity contribution in [3.63, 3.8) is 0 Å². The lowest BCUT2D eigenvalue weighted by molar-refractivity contribution is -0.125. The Morgan fingerprint density at radius 3 is 2.75 bits per heavy atom. The van der Waals surface area contributed by atoms with Crippen LogP contribution in [0.25, 0.3) is 0 Å². The van der Waals surface area contributed by atoms with E-state index in [0.29, 0.717) is 11.3 Å². The molecule has 0 aromatic heterocycles. The van der Waals surface area contributed by atoms with Crippen molar-refractivity contribution in [1.29, 1.82) is 0 Å². The average Bonchev–Trinajstić information content (AvgIpc) is 3.08. The lowest BCUT2D eigenvalue weighted by atomic mass is 9.92. The van der Waals surface area contributed by atoms with Crippen LogP contribution in [0.4, 0.5) is 0 Å². The Bertz CT molecular complexity index is 253. The molecule has 3 nitrogen and oxygen atoms in total. The quantitative estimate of drug-likeness (QED) is 0.760. The first-order valence-electron chi connectivity index (χ1n) is 6.62. The summed E-state index contributed by atoms with van der Waals surface area (Å²) in [5, 5.41) is 6.45. The van der Waals surface area contributed by atoms with E-state index in [-0.39, 0.29) is 11.8 Å². The van der Waals surface area contributed by atoms with Gasteiger partial charge in [0.2, 0.25) is 5.91 Å². The van der Waals surface area contributed by atoms with Gasteiger partial charge in [-0.15, -0.1) is 0 Å². The van der Waals surface area contributed by atoms with Crippen LogP contribution in [-0.2, 0) is 4.79 Å². The monoisotopic (exact) mass is 224 g/mol. The minimum Gasteiger partial charge on any atom is -0.355 e. The third kappa shape index (κ3) is 2.57. The smallest absolute Gasteiger partial charge is 0.224 e. The zero-order chi connectivity index (χ0) is 11.6. The van der Waals surface area contributed by atoms with Crippen molar-refractivity contribution in [3.05, 3.63) is 0 Å². The first kappa shape index (κ1) is 11.9. The lowest BCUT2D eigenvalue weighted by Gasteiger charge is -2.25. The summed E-state index contributed by atoms with van der Waals surface area (Å²) in [6, 6.07) is 0. The molecule has 1 aliphatic carbocycles. The fraction of sp³-hybridized carbons (Fsp3) is 0.923. The van der Waals surface area contributed by atoms with Crippen LogP contribution < -0.4 is 10.6 Å². The van der Waals surface area contributed by atoms with E-state index < -0.39 is 0 Å². The van der Waals surface area contributed by atoms with Crippen molar-refractivity contribution in [2.75, 3.05) is 19.6 Å². The summed E-state index contributed by atoms with van der Waals surface area (Å²) in [7, 11) is 0. The molecule has 2 N–H and O–H groups in total. The number of rotatable bonds is 4. The maximum Gasteiger partial charge on any atom is 0.224 e. The number of piperidine rings is 1. The summed E-state index contributed by atoms with van der Waals surface area (Å²) >= 11 is 0. The predicted molar refractivity (Wildman–Crippen MR) is 65.1 cm³/mol. The molecule has 0 bridgehead atoms. The van der Waals surface area contributed by atoms with Gasteiger partial charge in [-0.25, -0.2) is 0 Å². The molecule has 1 saturated carbocycles. The van der Waals surface area contributed by atoms with Crippen LogP contribution in [0.5, 0.6) is 0 Å². The highest BCUT2D eigenvalue weighted by Crippen LogP contribution is 2.51. The van der Waals surface area contributed by atoms with Crippen LogP contribution >= 0.6 is 0 Å². The van der Waals surface area contributed by atoms with Gasteiger partial charge < -0.3 is 10.6 Å². The van der Waals surface area contributed by atoms with Gasteiger partial charge in [0.25, 0.3) is 0 Å². The van der Waals surface area contributed by atoms with Gasteiger partial charge in [-0.2, -0.15) is 0 Å². The van der Waals surface area contributed by atoms with E-state index >= 15 is 0 Å². The zero-order valence-electron chi connectivity index (χ0n) is 10.5. The van der Waals surface area contributed by atoms with Gasteiger partial charge >= 0.3 is 0 Å². The molecule has 0 unspecified atom stereocenters. The lowest BCUT2D eigenvalue weighted by Crippen LogP contribution is -2.42. The topological polar surface area (TPSA) is 41.1 Å². The molecule has 1 amide bonds. The molecule has 1 atom stereocenters. The first-order chi connectivity index (χ1) is 7.64. The van der Waals surface area contributed by atoms with Crippen LogP contribution in [0.3, 0.4) is 0 Å². The summed E-state index contributed by atoms with van der Waals surface area (Å²) in [6.07, 6.45) is 4.75. The van der Waals surface area contributed by atoms with E-state index in [1.807, 2.05) is 0 Å². The second-order valence-corrected chi connectivity index (χ2v) is 5.78. The molecule has 16 heavy (non-hydrogen) atoms. The van der Waals surface area contributed by atoms with Gasteiger partial charge in [0, 0.05) is 13.1 Å². The fourth-order valence-corrected chi connectivity index (χ4v) is 2.60. The minimum atomic E-state index is 0.205. The van der Waals surface area contributed by atoms with Crippen molar-refractivity contribution in [2.45, 2.75) is 39.5 Å². The molecule has 1 saturated heterocycles. The van der Waals surface area contributed by atoms with Crippen molar-refractivity contribution >= 4 is 5.91 Å². The van der Waals surface area contributed by atoms with Crippen LogP contribution in [0.2, 0.25) is 0 Å². The third-order valence-electron chi connectivity index (χ3n) is 4.40. The summed E-state index contributed by atoms with van der Waals surface area (Å²) < 4.78 is 0. The van der Waals surface area contributed by atoms with Gasteiger partial charge in [-0.3, -0.25) is 4.79 Å². The van der Waals surface area contributed by atoms with Gasteiger partial charge in [-0.05, 0) is 43.6 Å².